The normalized spacial score (nSPS) is 10.7. The standard InChI is InChI=1S/C22H23ClN4O3S/c1-3-6-21(29)24-16-11-9-15(10-12-16)18(28)14-31-22-26-25-20(27(22)2)13-30-19-8-5-4-7-17(19)23/h4-5,7-12H,3,6,13-14H2,1-2H3,(H,24,29). The van der Waals surface area contributed by atoms with Gasteiger partial charge in [-0.3, -0.25) is 9.59 Å². The van der Waals surface area contributed by atoms with E-state index in [1.165, 1.54) is 11.8 Å². The van der Waals surface area contributed by atoms with Crippen LogP contribution in [0.1, 0.15) is 35.9 Å². The van der Waals surface area contributed by atoms with Gasteiger partial charge in [0.1, 0.15) is 12.4 Å². The van der Waals surface area contributed by atoms with Gasteiger partial charge in [0, 0.05) is 24.7 Å². The predicted octanol–water partition coefficient (Wildman–Crippen LogP) is 4.76. The number of amides is 1. The maximum atomic E-state index is 12.5. The van der Waals surface area contributed by atoms with Gasteiger partial charge in [0.2, 0.25) is 5.91 Å². The van der Waals surface area contributed by atoms with Crippen LogP contribution in [0.25, 0.3) is 0 Å². The maximum Gasteiger partial charge on any atom is 0.224 e. The fourth-order valence-electron chi connectivity index (χ4n) is 2.70. The molecule has 0 fully saturated rings. The summed E-state index contributed by atoms with van der Waals surface area (Å²) < 4.78 is 7.50. The minimum absolute atomic E-state index is 0.0336. The van der Waals surface area contributed by atoms with E-state index in [1.807, 2.05) is 26.1 Å². The molecule has 1 aromatic heterocycles. The van der Waals surface area contributed by atoms with Gasteiger partial charge in [-0.25, -0.2) is 0 Å². The van der Waals surface area contributed by atoms with Crippen LogP contribution in [0, 0.1) is 0 Å². The number of ketones is 1. The molecule has 0 atom stereocenters. The first-order chi connectivity index (χ1) is 15.0. The van der Waals surface area contributed by atoms with Crippen molar-refractivity contribution in [2.75, 3.05) is 11.1 Å². The third-order valence-corrected chi connectivity index (χ3v) is 5.75. The number of nitrogens with zero attached hydrogens (tertiary/aromatic N) is 3. The molecule has 2 aromatic carbocycles. The van der Waals surface area contributed by atoms with Gasteiger partial charge in [-0.1, -0.05) is 42.4 Å². The van der Waals surface area contributed by atoms with E-state index in [-0.39, 0.29) is 24.1 Å². The summed E-state index contributed by atoms with van der Waals surface area (Å²) >= 11 is 7.40. The largest absolute Gasteiger partial charge is 0.484 e. The van der Waals surface area contributed by atoms with Crippen LogP contribution in [-0.4, -0.2) is 32.2 Å². The number of halogens is 1. The molecule has 0 aliphatic heterocycles. The Morgan fingerprint density at radius 2 is 1.87 bits per heavy atom. The van der Waals surface area contributed by atoms with Crippen LogP contribution < -0.4 is 10.1 Å². The first-order valence-corrected chi connectivity index (χ1v) is 11.2. The lowest BCUT2D eigenvalue weighted by Gasteiger charge is -2.08. The molecule has 7 nitrogen and oxygen atoms in total. The fraction of sp³-hybridized carbons (Fsp3) is 0.273. The summed E-state index contributed by atoms with van der Waals surface area (Å²) in [5, 5.41) is 12.2. The number of para-hydroxylation sites is 1. The van der Waals surface area contributed by atoms with Crippen molar-refractivity contribution in [3.63, 3.8) is 0 Å². The van der Waals surface area contributed by atoms with Gasteiger partial charge < -0.3 is 14.6 Å². The van der Waals surface area contributed by atoms with Crippen LogP contribution in [0.15, 0.2) is 53.7 Å². The zero-order valence-corrected chi connectivity index (χ0v) is 18.9. The Kier molecular flexibility index (Phi) is 8.08. The third-order valence-electron chi connectivity index (χ3n) is 4.42. The molecule has 0 radical (unpaired) electrons. The van der Waals surface area contributed by atoms with E-state index in [2.05, 4.69) is 15.5 Å². The number of ether oxygens (including phenoxy) is 1. The molecule has 0 bridgehead atoms. The summed E-state index contributed by atoms with van der Waals surface area (Å²) in [7, 11) is 1.83. The van der Waals surface area contributed by atoms with Gasteiger partial charge in [-0.15, -0.1) is 10.2 Å². The number of benzene rings is 2. The molecular weight excluding hydrogens is 436 g/mol. The van der Waals surface area contributed by atoms with Gasteiger partial charge in [0.05, 0.1) is 10.8 Å². The van der Waals surface area contributed by atoms with E-state index >= 15 is 0 Å². The number of aromatic nitrogens is 3. The van der Waals surface area contributed by atoms with E-state index in [9.17, 15) is 9.59 Å². The Morgan fingerprint density at radius 1 is 1.13 bits per heavy atom. The first kappa shape index (κ1) is 22.8. The lowest BCUT2D eigenvalue weighted by atomic mass is 10.1. The van der Waals surface area contributed by atoms with E-state index in [0.717, 1.165) is 6.42 Å². The van der Waals surface area contributed by atoms with Crippen molar-refractivity contribution in [2.24, 2.45) is 7.05 Å². The highest BCUT2D eigenvalue weighted by molar-refractivity contribution is 7.99. The van der Waals surface area contributed by atoms with E-state index in [1.54, 1.807) is 41.0 Å². The van der Waals surface area contributed by atoms with Crippen LogP contribution in [0.4, 0.5) is 5.69 Å². The number of rotatable bonds is 10. The number of carbonyl (C=O) groups excluding carboxylic acids is 2. The lowest BCUT2D eigenvalue weighted by Crippen LogP contribution is -2.11. The van der Waals surface area contributed by atoms with Crippen molar-refractivity contribution in [1.82, 2.24) is 14.8 Å². The number of hydrogen-bond acceptors (Lipinski definition) is 6. The molecule has 31 heavy (non-hydrogen) atoms. The topological polar surface area (TPSA) is 86.1 Å². The Labute approximate surface area is 190 Å². The Morgan fingerprint density at radius 3 is 2.58 bits per heavy atom. The van der Waals surface area contributed by atoms with Crippen molar-refractivity contribution in [3.05, 3.63) is 64.9 Å². The van der Waals surface area contributed by atoms with Crippen LogP contribution in [0.3, 0.4) is 0 Å². The third kappa shape index (κ3) is 6.32. The summed E-state index contributed by atoms with van der Waals surface area (Å²) in [6, 6.07) is 14.1. The molecule has 0 aliphatic rings. The number of thioether (sulfide) groups is 1. The maximum absolute atomic E-state index is 12.5. The van der Waals surface area contributed by atoms with Gasteiger partial charge in [-0.05, 0) is 42.8 Å². The Balaban J connectivity index is 1.53. The fourth-order valence-corrected chi connectivity index (χ4v) is 3.72. The molecule has 0 unspecified atom stereocenters. The molecule has 3 rings (SSSR count). The molecule has 3 aromatic rings. The number of nitrogens with one attached hydrogen (secondary N) is 1. The highest BCUT2D eigenvalue weighted by Gasteiger charge is 2.14. The zero-order chi connectivity index (χ0) is 22.2. The summed E-state index contributed by atoms with van der Waals surface area (Å²) in [6.07, 6.45) is 1.26. The zero-order valence-electron chi connectivity index (χ0n) is 17.3. The summed E-state index contributed by atoms with van der Waals surface area (Å²) in [6.45, 7) is 2.16. The van der Waals surface area contributed by atoms with E-state index in [0.29, 0.717) is 39.4 Å². The number of carbonyl (C=O) groups is 2. The molecule has 0 saturated heterocycles. The van der Waals surface area contributed by atoms with Crippen LogP contribution >= 0.6 is 23.4 Å². The average molecular weight is 459 g/mol. The predicted molar refractivity (Wildman–Crippen MR) is 122 cm³/mol. The second-order valence-corrected chi connectivity index (χ2v) is 8.11. The molecule has 162 valence electrons. The summed E-state index contributed by atoms with van der Waals surface area (Å²) in [4.78, 5) is 24.2. The molecule has 1 heterocycles. The van der Waals surface area contributed by atoms with Crippen LogP contribution in [0.2, 0.25) is 5.02 Å². The first-order valence-electron chi connectivity index (χ1n) is 9.79. The average Bonchev–Trinajstić information content (AvgIpc) is 3.11. The number of hydrogen-bond donors (Lipinski definition) is 1. The number of Topliss-reactive ketones (excluding diaryl/α,β-unsaturated/α-hetero) is 1. The SMILES string of the molecule is CCCC(=O)Nc1ccc(C(=O)CSc2nnc(COc3ccccc3Cl)n2C)cc1. The van der Waals surface area contributed by atoms with Gasteiger partial charge in [-0.2, -0.15) is 0 Å². The molecule has 1 amide bonds. The van der Waals surface area contributed by atoms with Crippen molar-refractivity contribution in [3.8, 4) is 5.75 Å². The smallest absolute Gasteiger partial charge is 0.224 e. The van der Waals surface area contributed by atoms with Crippen molar-refractivity contribution in [2.45, 2.75) is 31.5 Å². The molecule has 0 aliphatic carbocycles. The minimum atomic E-state index is -0.0340. The van der Waals surface area contributed by atoms with Crippen molar-refractivity contribution < 1.29 is 14.3 Å². The van der Waals surface area contributed by atoms with Gasteiger partial charge in [0.25, 0.3) is 0 Å². The molecule has 9 heteroatoms. The highest BCUT2D eigenvalue weighted by atomic mass is 35.5. The van der Waals surface area contributed by atoms with E-state index in [4.69, 9.17) is 16.3 Å². The van der Waals surface area contributed by atoms with Crippen LogP contribution in [0.5, 0.6) is 5.75 Å². The second kappa shape index (κ2) is 11.0. The quantitative estimate of drug-likeness (QED) is 0.348. The second-order valence-electron chi connectivity index (χ2n) is 6.76. The molecule has 1 N–H and O–H groups in total. The molecule has 0 spiro atoms. The Bertz CT molecular complexity index is 1050. The Hall–Kier alpha value is -2.84. The monoisotopic (exact) mass is 458 g/mol. The van der Waals surface area contributed by atoms with Crippen molar-refractivity contribution in [1.29, 1.82) is 0 Å². The number of anilines is 1. The van der Waals surface area contributed by atoms with E-state index < -0.39 is 0 Å². The minimum Gasteiger partial charge on any atom is -0.484 e. The summed E-state index contributed by atoms with van der Waals surface area (Å²) in [5.74, 6) is 1.36. The molecular formula is C22H23ClN4O3S. The van der Waals surface area contributed by atoms with Crippen LogP contribution in [-0.2, 0) is 18.4 Å². The highest BCUT2D eigenvalue weighted by Crippen LogP contribution is 2.24. The van der Waals surface area contributed by atoms with Crippen molar-refractivity contribution >= 4 is 40.7 Å². The summed E-state index contributed by atoms with van der Waals surface area (Å²) in [5.41, 5.74) is 1.25. The lowest BCUT2D eigenvalue weighted by molar-refractivity contribution is -0.116. The van der Waals surface area contributed by atoms with Gasteiger partial charge in [0.15, 0.2) is 16.8 Å². The van der Waals surface area contributed by atoms with Gasteiger partial charge >= 0.3 is 0 Å². The molecule has 0 saturated carbocycles.